The normalized spacial score (nSPS) is 10.2. The molecule has 20 heavy (non-hydrogen) atoms. The summed E-state index contributed by atoms with van der Waals surface area (Å²) in [5.74, 6) is 1.55. The number of rotatable bonds is 9. The lowest BCUT2D eigenvalue weighted by Crippen LogP contribution is -2.08. The lowest BCUT2D eigenvalue weighted by Gasteiger charge is -2.19. The quantitative estimate of drug-likeness (QED) is 0.424. The molecule has 0 fully saturated rings. The van der Waals surface area contributed by atoms with Crippen LogP contribution < -0.4 is 19.9 Å². The van der Waals surface area contributed by atoms with Crippen LogP contribution in [-0.2, 0) is 15.9 Å². The average molecular weight is 283 g/mol. The molecular formula is C14H21NO5. The molecule has 6 nitrogen and oxygen atoms in total. The minimum absolute atomic E-state index is 0.0930. The summed E-state index contributed by atoms with van der Waals surface area (Å²) in [6.45, 7) is 3.92. The van der Waals surface area contributed by atoms with E-state index >= 15 is 0 Å². The van der Waals surface area contributed by atoms with Crippen molar-refractivity contribution in [2.24, 2.45) is 0 Å². The summed E-state index contributed by atoms with van der Waals surface area (Å²) in [5, 5.41) is 0. The molecule has 1 aromatic rings. The Kier molecular flexibility index (Phi) is 6.69. The van der Waals surface area contributed by atoms with Crippen molar-refractivity contribution in [3.63, 3.8) is 0 Å². The molecule has 0 bridgehead atoms. The van der Waals surface area contributed by atoms with Crippen LogP contribution in [0.25, 0.3) is 0 Å². The monoisotopic (exact) mass is 283 g/mol. The van der Waals surface area contributed by atoms with Gasteiger partial charge in [0, 0.05) is 25.8 Å². The predicted octanol–water partition coefficient (Wildman–Crippen LogP) is 1.97. The fraction of sp³-hybridized carbons (Fsp3) is 0.429. The molecule has 0 amide bonds. The maximum absolute atomic E-state index is 6.00. The van der Waals surface area contributed by atoms with Crippen LogP contribution in [0.5, 0.6) is 17.2 Å². The van der Waals surface area contributed by atoms with Crippen LogP contribution in [0.1, 0.15) is 5.56 Å². The summed E-state index contributed by atoms with van der Waals surface area (Å²) in [6.07, 6.45) is 2.26. The maximum Gasteiger partial charge on any atom is 0.188 e. The number of ether oxygens (including phenoxy) is 5. The number of nitrogen functional groups attached to an aromatic ring is 1. The van der Waals surface area contributed by atoms with Crippen molar-refractivity contribution in [1.82, 2.24) is 0 Å². The highest BCUT2D eigenvalue weighted by atomic mass is 16.7. The Bertz CT molecular complexity index is 448. The van der Waals surface area contributed by atoms with Gasteiger partial charge in [-0.25, -0.2) is 0 Å². The van der Waals surface area contributed by atoms with Gasteiger partial charge < -0.3 is 29.4 Å². The molecule has 0 unspecified atom stereocenters. The lowest BCUT2D eigenvalue weighted by atomic mass is 10.1. The largest absolute Gasteiger partial charge is 0.492 e. The van der Waals surface area contributed by atoms with E-state index in [1.54, 1.807) is 19.3 Å². The molecule has 0 saturated heterocycles. The molecule has 0 atom stereocenters. The zero-order chi connectivity index (χ0) is 15.0. The van der Waals surface area contributed by atoms with Crippen molar-refractivity contribution in [2.45, 2.75) is 6.42 Å². The summed E-state index contributed by atoms with van der Waals surface area (Å²) in [4.78, 5) is 0. The Morgan fingerprint density at radius 2 is 1.75 bits per heavy atom. The van der Waals surface area contributed by atoms with Gasteiger partial charge in [0.05, 0.1) is 12.8 Å². The Morgan fingerprint density at radius 1 is 1.10 bits per heavy atom. The molecular weight excluding hydrogens is 262 g/mol. The second-order valence-electron chi connectivity index (χ2n) is 3.90. The van der Waals surface area contributed by atoms with Gasteiger partial charge in [0.25, 0.3) is 0 Å². The van der Waals surface area contributed by atoms with Crippen molar-refractivity contribution in [1.29, 1.82) is 0 Å². The van der Waals surface area contributed by atoms with E-state index < -0.39 is 0 Å². The van der Waals surface area contributed by atoms with Crippen LogP contribution in [0.15, 0.2) is 18.7 Å². The van der Waals surface area contributed by atoms with Crippen LogP contribution >= 0.6 is 0 Å². The molecule has 0 spiro atoms. The summed E-state index contributed by atoms with van der Waals surface area (Å²) in [7, 11) is 4.63. The molecule has 0 radical (unpaired) electrons. The van der Waals surface area contributed by atoms with Gasteiger partial charge in [-0.05, 0) is 6.42 Å². The highest BCUT2D eigenvalue weighted by molar-refractivity contribution is 5.67. The predicted molar refractivity (Wildman–Crippen MR) is 76.3 cm³/mol. The SMILES string of the molecule is C=CCc1c(OCOC)c(N)cc(OCOC)c1OC. The number of hydrogen-bond acceptors (Lipinski definition) is 6. The molecule has 0 aliphatic carbocycles. The van der Waals surface area contributed by atoms with Gasteiger partial charge in [-0.2, -0.15) is 0 Å². The third-order valence-electron chi connectivity index (χ3n) is 2.53. The summed E-state index contributed by atoms with van der Waals surface area (Å²) in [5.41, 5.74) is 7.19. The topological polar surface area (TPSA) is 72.2 Å². The van der Waals surface area contributed by atoms with Crippen molar-refractivity contribution < 1.29 is 23.7 Å². The number of allylic oxidation sites excluding steroid dienone is 1. The molecule has 1 aromatic carbocycles. The van der Waals surface area contributed by atoms with Gasteiger partial charge in [-0.15, -0.1) is 6.58 Å². The van der Waals surface area contributed by atoms with Gasteiger partial charge in [-0.1, -0.05) is 6.08 Å². The summed E-state index contributed by atoms with van der Waals surface area (Å²) < 4.78 is 26.2. The van der Waals surface area contributed by atoms with E-state index in [9.17, 15) is 0 Å². The maximum atomic E-state index is 6.00. The van der Waals surface area contributed by atoms with Crippen molar-refractivity contribution in [3.8, 4) is 17.2 Å². The van der Waals surface area contributed by atoms with E-state index in [0.717, 1.165) is 5.56 Å². The second-order valence-corrected chi connectivity index (χ2v) is 3.90. The van der Waals surface area contributed by atoms with Gasteiger partial charge in [0.15, 0.2) is 30.8 Å². The number of anilines is 1. The molecule has 2 N–H and O–H groups in total. The first-order valence-corrected chi connectivity index (χ1v) is 6.03. The standard InChI is InChI=1S/C14H21NO5/c1-5-6-10-13(20-9-17-3)11(15)7-12(14(10)18-4)19-8-16-2/h5,7H,1,6,8-9,15H2,2-4H3. The fourth-order valence-corrected chi connectivity index (χ4v) is 1.77. The molecule has 0 aliphatic heterocycles. The molecule has 112 valence electrons. The molecule has 0 aromatic heterocycles. The van der Waals surface area contributed by atoms with Gasteiger partial charge in [0.1, 0.15) is 0 Å². The smallest absolute Gasteiger partial charge is 0.188 e. The van der Waals surface area contributed by atoms with Gasteiger partial charge in [-0.3, -0.25) is 0 Å². The highest BCUT2D eigenvalue weighted by Crippen LogP contribution is 2.42. The third kappa shape index (κ3) is 3.79. The molecule has 0 saturated carbocycles. The Hall–Kier alpha value is -1.92. The van der Waals surface area contributed by atoms with Crippen LogP contribution in [0.2, 0.25) is 0 Å². The van der Waals surface area contributed by atoms with E-state index in [4.69, 9.17) is 29.4 Å². The fourth-order valence-electron chi connectivity index (χ4n) is 1.77. The first-order valence-electron chi connectivity index (χ1n) is 6.03. The summed E-state index contributed by atoms with van der Waals surface area (Å²) in [6, 6.07) is 1.63. The molecule has 1 rings (SSSR count). The van der Waals surface area contributed by atoms with E-state index in [1.165, 1.54) is 14.2 Å². The van der Waals surface area contributed by atoms with E-state index in [-0.39, 0.29) is 13.6 Å². The number of benzene rings is 1. The van der Waals surface area contributed by atoms with E-state index in [1.807, 2.05) is 0 Å². The number of hydrogen-bond donors (Lipinski definition) is 1. The zero-order valence-corrected chi connectivity index (χ0v) is 12.1. The Morgan fingerprint density at radius 3 is 2.30 bits per heavy atom. The third-order valence-corrected chi connectivity index (χ3v) is 2.53. The average Bonchev–Trinajstić information content (AvgIpc) is 2.44. The van der Waals surface area contributed by atoms with Crippen LogP contribution in [-0.4, -0.2) is 34.9 Å². The Labute approximate surface area is 119 Å². The van der Waals surface area contributed by atoms with Gasteiger partial charge >= 0.3 is 0 Å². The van der Waals surface area contributed by atoms with Crippen molar-refractivity contribution in [2.75, 3.05) is 40.6 Å². The molecule has 0 heterocycles. The number of nitrogens with two attached hydrogens (primary N) is 1. The van der Waals surface area contributed by atoms with Crippen LogP contribution in [0, 0.1) is 0 Å². The van der Waals surface area contributed by atoms with Gasteiger partial charge in [0.2, 0.25) is 0 Å². The minimum atomic E-state index is 0.0930. The molecule has 6 heteroatoms. The molecule has 0 aliphatic rings. The van der Waals surface area contributed by atoms with Crippen molar-refractivity contribution in [3.05, 3.63) is 24.3 Å². The number of methoxy groups -OCH3 is 3. The minimum Gasteiger partial charge on any atom is -0.492 e. The van der Waals surface area contributed by atoms with Crippen molar-refractivity contribution >= 4 is 5.69 Å². The summed E-state index contributed by atoms with van der Waals surface area (Å²) >= 11 is 0. The van der Waals surface area contributed by atoms with Crippen LogP contribution in [0.3, 0.4) is 0 Å². The highest BCUT2D eigenvalue weighted by Gasteiger charge is 2.19. The van der Waals surface area contributed by atoms with Crippen LogP contribution in [0.4, 0.5) is 5.69 Å². The first-order chi connectivity index (χ1) is 9.69. The first kappa shape index (κ1) is 16.1. The zero-order valence-electron chi connectivity index (χ0n) is 12.1. The second kappa shape index (κ2) is 8.29. The Balaban J connectivity index is 3.26. The lowest BCUT2D eigenvalue weighted by molar-refractivity contribution is 0.0465. The van der Waals surface area contributed by atoms with E-state index in [2.05, 4.69) is 6.58 Å². The van der Waals surface area contributed by atoms with E-state index in [0.29, 0.717) is 29.4 Å².